The summed E-state index contributed by atoms with van der Waals surface area (Å²) >= 11 is 12.3. The van der Waals surface area contributed by atoms with Crippen LogP contribution in [0.25, 0.3) is 11.3 Å². The summed E-state index contributed by atoms with van der Waals surface area (Å²) in [5, 5.41) is 5.20. The van der Waals surface area contributed by atoms with Gasteiger partial charge in [-0.2, -0.15) is 0 Å². The minimum Gasteiger partial charge on any atom is -0.460 e. The molecule has 2 nitrogen and oxygen atoms in total. The number of furan rings is 1. The average Bonchev–Trinajstić information content (AvgIpc) is 2.98. The van der Waals surface area contributed by atoms with E-state index in [9.17, 15) is 0 Å². The molecule has 0 saturated heterocycles. The van der Waals surface area contributed by atoms with E-state index >= 15 is 0 Å². The van der Waals surface area contributed by atoms with E-state index in [1.54, 1.807) is 6.07 Å². The number of halogens is 2. The standard InChI is InChI=1S/C23H27Cl2NO/c1-21-8-15-9-22(2,12-21)14-23(10-15,13-21)26-11-17-4-6-20(27-17)18-5-3-16(24)7-19(18)25/h3-7,15,26H,8-14H2,1-2H3/t15?,21-,22+,23?. The van der Waals surface area contributed by atoms with Gasteiger partial charge < -0.3 is 9.73 Å². The Morgan fingerprint density at radius 3 is 2.41 bits per heavy atom. The van der Waals surface area contributed by atoms with Crippen molar-refractivity contribution in [1.29, 1.82) is 0 Å². The Kier molecular flexibility index (Phi) is 4.03. The molecule has 4 saturated carbocycles. The van der Waals surface area contributed by atoms with Gasteiger partial charge in [-0.05, 0) is 85.6 Å². The lowest BCUT2D eigenvalue weighted by Gasteiger charge is -2.65. The maximum Gasteiger partial charge on any atom is 0.135 e. The molecule has 4 atom stereocenters. The van der Waals surface area contributed by atoms with Crippen LogP contribution in [0.2, 0.25) is 10.0 Å². The van der Waals surface area contributed by atoms with Crippen molar-refractivity contribution in [2.24, 2.45) is 16.7 Å². The third-order valence-electron chi connectivity index (χ3n) is 7.12. The quantitative estimate of drug-likeness (QED) is 0.588. The van der Waals surface area contributed by atoms with E-state index < -0.39 is 0 Å². The van der Waals surface area contributed by atoms with E-state index in [4.69, 9.17) is 27.6 Å². The summed E-state index contributed by atoms with van der Waals surface area (Å²) in [6.45, 7) is 5.81. The molecule has 27 heavy (non-hydrogen) atoms. The summed E-state index contributed by atoms with van der Waals surface area (Å²) in [7, 11) is 0. The molecule has 0 spiro atoms. The molecule has 4 heteroatoms. The minimum atomic E-state index is 0.286. The molecule has 4 aliphatic rings. The van der Waals surface area contributed by atoms with E-state index in [-0.39, 0.29) is 5.54 Å². The van der Waals surface area contributed by atoms with Crippen molar-refractivity contribution < 1.29 is 4.42 Å². The second-order valence-corrected chi connectivity index (χ2v) is 11.0. The molecule has 4 aliphatic carbocycles. The highest BCUT2D eigenvalue weighted by atomic mass is 35.5. The highest BCUT2D eigenvalue weighted by Crippen LogP contribution is 2.66. The topological polar surface area (TPSA) is 25.2 Å². The Hall–Kier alpha value is -0.960. The molecule has 144 valence electrons. The van der Waals surface area contributed by atoms with Gasteiger partial charge in [-0.3, -0.25) is 0 Å². The van der Waals surface area contributed by atoms with Crippen molar-refractivity contribution in [2.45, 2.75) is 64.5 Å². The van der Waals surface area contributed by atoms with Gasteiger partial charge in [0.1, 0.15) is 11.5 Å². The van der Waals surface area contributed by atoms with Crippen LogP contribution < -0.4 is 5.32 Å². The van der Waals surface area contributed by atoms with Crippen LogP contribution in [0.5, 0.6) is 0 Å². The fourth-order valence-electron chi connectivity index (χ4n) is 7.23. The van der Waals surface area contributed by atoms with Gasteiger partial charge >= 0.3 is 0 Å². The lowest BCUT2D eigenvalue weighted by atomic mass is 9.43. The SMILES string of the molecule is C[C@]12CC3CC(NCc4ccc(-c5ccc(Cl)cc5Cl)o4)(C1)C[C@@](C)(C3)C2. The third-order valence-corrected chi connectivity index (χ3v) is 7.67. The van der Waals surface area contributed by atoms with Crippen molar-refractivity contribution in [2.75, 3.05) is 0 Å². The van der Waals surface area contributed by atoms with Gasteiger partial charge in [-0.15, -0.1) is 0 Å². The zero-order chi connectivity index (χ0) is 18.9. The minimum absolute atomic E-state index is 0.286. The summed E-state index contributed by atoms with van der Waals surface area (Å²) in [4.78, 5) is 0. The summed E-state index contributed by atoms with van der Waals surface area (Å²) in [5.41, 5.74) is 2.22. The molecule has 1 aromatic carbocycles. The van der Waals surface area contributed by atoms with E-state index in [1.165, 1.54) is 38.5 Å². The van der Waals surface area contributed by atoms with Crippen LogP contribution in [0.4, 0.5) is 0 Å². The van der Waals surface area contributed by atoms with Gasteiger partial charge in [-0.1, -0.05) is 37.0 Å². The molecule has 0 amide bonds. The molecule has 0 radical (unpaired) electrons. The van der Waals surface area contributed by atoms with E-state index in [1.807, 2.05) is 18.2 Å². The van der Waals surface area contributed by atoms with Crippen molar-refractivity contribution in [3.63, 3.8) is 0 Å². The Balaban J connectivity index is 1.33. The predicted molar refractivity (Wildman–Crippen MR) is 111 cm³/mol. The first kappa shape index (κ1) is 18.1. The Morgan fingerprint density at radius 2 is 1.74 bits per heavy atom. The first-order chi connectivity index (χ1) is 12.8. The van der Waals surface area contributed by atoms with Gasteiger partial charge in [0.25, 0.3) is 0 Å². The lowest BCUT2D eigenvalue weighted by molar-refractivity contribution is -0.118. The summed E-state index contributed by atoms with van der Waals surface area (Å²) in [6.07, 6.45) is 8.19. The van der Waals surface area contributed by atoms with Crippen LogP contribution >= 0.6 is 23.2 Å². The van der Waals surface area contributed by atoms with Crippen LogP contribution in [-0.4, -0.2) is 5.54 Å². The van der Waals surface area contributed by atoms with Crippen molar-refractivity contribution in [3.8, 4) is 11.3 Å². The molecule has 1 aromatic heterocycles. The summed E-state index contributed by atoms with van der Waals surface area (Å²) in [5.74, 6) is 2.67. The third kappa shape index (κ3) is 3.24. The van der Waals surface area contributed by atoms with Crippen molar-refractivity contribution in [1.82, 2.24) is 5.32 Å². The van der Waals surface area contributed by atoms with Crippen LogP contribution in [0.15, 0.2) is 34.7 Å². The van der Waals surface area contributed by atoms with Crippen LogP contribution in [-0.2, 0) is 6.54 Å². The molecular weight excluding hydrogens is 377 g/mol. The zero-order valence-electron chi connectivity index (χ0n) is 16.1. The first-order valence-corrected chi connectivity index (χ1v) is 10.8. The van der Waals surface area contributed by atoms with E-state index in [0.29, 0.717) is 20.9 Å². The molecule has 2 aromatic rings. The fraction of sp³-hybridized carbons (Fsp3) is 0.565. The highest BCUT2D eigenvalue weighted by Gasteiger charge is 2.59. The molecule has 1 heterocycles. The number of hydrogen-bond donors (Lipinski definition) is 1. The molecule has 4 fully saturated rings. The van der Waals surface area contributed by atoms with Crippen LogP contribution in [0.3, 0.4) is 0 Å². The van der Waals surface area contributed by atoms with Gasteiger partial charge in [-0.25, -0.2) is 0 Å². The fourth-order valence-corrected chi connectivity index (χ4v) is 7.73. The number of benzene rings is 1. The van der Waals surface area contributed by atoms with E-state index in [2.05, 4.69) is 25.2 Å². The largest absolute Gasteiger partial charge is 0.460 e. The van der Waals surface area contributed by atoms with Gasteiger partial charge in [0.05, 0.1) is 11.6 Å². The van der Waals surface area contributed by atoms with Gasteiger partial charge in [0.2, 0.25) is 0 Å². The zero-order valence-corrected chi connectivity index (χ0v) is 17.6. The molecule has 6 rings (SSSR count). The van der Waals surface area contributed by atoms with Crippen LogP contribution in [0.1, 0.15) is 58.1 Å². The molecule has 0 aliphatic heterocycles. The number of rotatable bonds is 4. The highest BCUT2D eigenvalue weighted by molar-refractivity contribution is 6.36. The molecular formula is C23H27Cl2NO. The molecule has 1 N–H and O–H groups in total. The normalized spacial score (nSPS) is 37.1. The smallest absolute Gasteiger partial charge is 0.135 e. The Bertz CT molecular complexity index is 870. The summed E-state index contributed by atoms with van der Waals surface area (Å²) in [6, 6.07) is 9.60. The number of nitrogens with one attached hydrogen (secondary N) is 1. The van der Waals surface area contributed by atoms with Gasteiger partial charge in [0, 0.05) is 16.1 Å². The molecule has 4 bridgehead atoms. The number of hydrogen-bond acceptors (Lipinski definition) is 2. The van der Waals surface area contributed by atoms with Crippen molar-refractivity contribution in [3.05, 3.63) is 46.1 Å². The second-order valence-electron chi connectivity index (χ2n) is 10.2. The van der Waals surface area contributed by atoms with Crippen molar-refractivity contribution >= 4 is 23.2 Å². The molecule has 2 unspecified atom stereocenters. The van der Waals surface area contributed by atoms with Gasteiger partial charge in [0.15, 0.2) is 0 Å². The first-order valence-electron chi connectivity index (χ1n) is 10.0. The monoisotopic (exact) mass is 403 g/mol. The maximum absolute atomic E-state index is 6.33. The Labute approximate surface area is 171 Å². The van der Waals surface area contributed by atoms with Crippen LogP contribution in [0, 0.1) is 16.7 Å². The predicted octanol–water partition coefficient (Wildman–Crippen LogP) is 7.09. The Morgan fingerprint density at radius 1 is 1.00 bits per heavy atom. The second kappa shape index (κ2) is 6.02. The average molecular weight is 404 g/mol. The van der Waals surface area contributed by atoms with E-state index in [0.717, 1.165) is 29.5 Å². The maximum atomic E-state index is 6.33. The lowest BCUT2D eigenvalue weighted by Crippen LogP contribution is -2.63. The summed E-state index contributed by atoms with van der Waals surface area (Å²) < 4.78 is 6.11.